The van der Waals surface area contributed by atoms with E-state index in [4.69, 9.17) is 4.74 Å². The number of likely N-dealkylation sites (tertiary alicyclic amines) is 1. The molecule has 32 heavy (non-hydrogen) atoms. The maximum absolute atomic E-state index is 14.0. The zero-order valence-corrected chi connectivity index (χ0v) is 19.3. The molecule has 2 aromatic rings. The molecule has 0 spiro atoms. The van der Waals surface area contributed by atoms with Crippen LogP contribution in [0, 0.1) is 11.7 Å². The highest BCUT2D eigenvalue weighted by Gasteiger charge is 2.32. The van der Waals surface area contributed by atoms with E-state index in [1.54, 1.807) is 29.2 Å². The van der Waals surface area contributed by atoms with Gasteiger partial charge in [-0.05, 0) is 38.0 Å². The van der Waals surface area contributed by atoms with Gasteiger partial charge in [0.05, 0.1) is 6.61 Å². The zero-order chi connectivity index (χ0) is 22.5. The number of ether oxygens (including phenoxy) is 1. The Bertz CT molecular complexity index is 934. The lowest BCUT2D eigenvalue weighted by atomic mass is 9.95. The van der Waals surface area contributed by atoms with Crippen LogP contribution in [0.3, 0.4) is 0 Å². The van der Waals surface area contributed by atoms with Gasteiger partial charge in [-0.15, -0.1) is 11.3 Å². The van der Waals surface area contributed by atoms with Crippen LogP contribution in [0.5, 0.6) is 0 Å². The lowest BCUT2D eigenvalue weighted by molar-refractivity contribution is -0.138. The van der Waals surface area contributed by atoms with Gasteiger partial charge in [-0.2, -0.15) is 0 Å². The SMILES string of the molecule is CCOC(=O)N1CCC(C(=O)N2CCN(Cc3ccc(-c4ccccc4F)s3)CC2)CC1. The number of amides is 2. The van der Waals surface area contributed by atoms with Gasteiger partial charge >= 0.3 is 6.09 Å². The van der Waals surface area contributed by atoms with E-state index >= 15 is 0 Å². The summed E-state index contributed by atoms with van der Waals surface area (Å²) in [5.74, 6) is 0.0140. The number of carbonyl (C=O) groups is 2. The van der Waals surface area contributed by atoms with E-state index in [-0.39, 0.29) is 23.7 Å². The maximum Gasteiger partial charge on any atom is 0.409 e. The monoisotopic (exact) mass is 459 g/mol. The Balaban J connectivity index is 1.24. The van der Waals surface area contributed by atoms with Gasteiger partial charge in [-0.3, -0.25) is 9.69 Å². The highest BCUT2D eigenvalue weighted by molar-refractivity contribution is 7.15. The van der Waals surface area contributed by atoms with Crippen LogP contribution in [0.4, 0.5) is 9.18 Å². The Morgan fingerprint density at radius 2 is 1.72 bits per heavy atom. The molecule has 0 N–H and O–H groups in total. The molecule has 0 bridgehead atoms. The molecule has 0 aliphatic carbocycles. The van der Waals surface area contributed by atoms with Crippen LogP contribution in [0.25, 0.3) is 10.4 Å². The molecule has 4 rings (SSSR count). The molecule has 1 aromatic carbocycles. The summed E-state index contributed by atoms with van der Waals surface area (Å²) in [6.07, 6.45) is 1.12. The number of nitrogens with zero attached hydrogens (tertiary/aromatic N) is 3. The lowest BCUT2D eigenvalue weighted by Crippen LogP contribution is -2.51. The summed E-state index contributed by atoms with van der Waals surface area (Å²) in [5, 5.41) is 0. The normalized spacial score (nSPS) is 18.1. The van der Waals surface area contributed by atoms with E-state index in [0.717, 1.165) is 37.6 Å². The molecule has 0 atom stereocenters. The largest absolute Gasteiger partial charge is 0.450 e. The molecule has 1 aromatic heterocycles. The summed E-state index contributed by atoms with van der Waals surface area (Å²) in [7, 11) is 0. The molecule has 2 aliphatic heterocycles. The quantitative estimate of drug-likeness (QED) is 0.677. The van der Waals surface area contributed by atoms with Crippen molar-refractivity contribution in [3.8, 4) is 10.4 Å². The fourth-order valence-electron chi connectivity index (χ4n) is 4.40. The van der Waals surface area contributed by atoms with Gasteiger partial charge in [0.2, 0.25) is 5.91 Å². The molecule has 2 aliphatic rings. The van der Waals surface area contributed by atoms with Crippen molar-refractivity contribution in [1.82, 2.24) is 14.7 Å². The van der Waals surface area contributed by atoms with Crippen molar-refractivity contribution in [3.63, 3.8) is 0 Å². The van der Waals surface area contributed by atoms with Crippen molar-refractivity contribution in [2.45, 2.75) is 26.3 Å². The van der Waals surface area contributed by atoms with Crippen molar-refractivity contribution in [2.24, 2.45) is 5.92 Å². The number of hydrogen-bond donors (Lipinski definition) is 0. The molecule has 0 saturated carbocycles. The van der Waals surface area contributed by atoms with Crippen molar-refractivity contribution >= 4 is 23.3 Å². The third-order valence-electron chi connectivity index (χ3n) is 6.23. The first-order chi connectivity index (χ1) is 15.5. The molecule has 0 unspecified atom stereocenters. The third kappa shape index (κ3) is 5.30. The Morgan fingerprint density at radius 1 is 1.00 bits per heavy atom. The Hall–Kier alpha value is -2.45. The van der Waals surface area contributed by atoms with E-state index < -0.39 is 0 Å². The molecule has 2 fully saturated rings. The van der Waals surface area contributed by atoms with Gasteiger partial charge in [0.25, 0.3) is 0 Å². The highest BCUT2D eigenvalue weighted by atomic mass is 32.1. The topological polar surface area (TPSA) is 53.1 Å². The number of piperidine rings is 1. The fraction of sp³-hybridized carbons (Fsp3) is 0.500. The molecule has 3 heterocycles. The summed E-state index contributed by atoms with van der Waals surface area (Å²) in [4.78, 5) is 33.0. The van der Waals surface area contributed by atoms with Crippen molar-refractivity contribution in [1.29, 1.82) is 0 Å². The van der Waals surface area contributed by atoms with Gasteiger partial charge in [-0.25, -0.2) is 9.18 Å². The van der Waals surface area contributed by atoms with Crippen LogP contribution < -0.4 is 0 Å². The Kier molecular flexibility index (Phi) is 7.42. The third-order valence-corrected chi connectivity index (χ3v) is 7.34. The number of carbonyl (C=O) groups excluding carboxylic acids is 2. The standard InChI is InChI=1S/C24H30FN3O3S/c1-2-31-24(30)28-11-9-18(10-12-28)23(29)27-15-13-26(14-16-27)17-19-7-8-22(32-19)20-5-3-4-6-21(20)25/h3-8,18H,2,9-17H2,1H3. The number of benzene rings is 1. The predicted octanol–water partition coefficient (Wildman–Crippen LogP) is 4.07. The molecule has 0 radical (unpaired) electrons. The van der Waals surface area contributed by atoms with Gasteiger partial charge in [0, 0.05) is 67.0 Å². The summed E-state index contributed by atoms with van der Waals surface area (Å²) >= 11 is 1.62. The number of hydrogen-bond acceptors (Lipinski definition) is 5. The first-order valence-electron chi connectivity index (χ1n) is 11.3. The molecule has 6 nitrogen and oxygen atoms in total. The minimum absolute atomic E-state index is 0.00662. The number of piperazine rings is 1. The van der Waals surface area contributed by atoms with E-state index in [1.165, 1.54) is 10.9 Å². The molecule has 2 saturated heterocycles. The number of rotatable bonds is 5. The minimum atomic E-state index is -0.279. The van der Waals surface area contributed by atoms with E-state index in [0.29, 0.717) is 38.1 Å². The van der Waals surface area contributed by atoms with Gasteiger partial charge in [0.15, 0.2) is 0 Å². The minimum Gasteiger partial charge on any atom is -0.450 e. The van der Waals surface area contributed by atoms with Gasteiger partial charge < -0.3 is 14.5 Å². The van der Waals surface area contributed by atoms with Crippen molar-refractivity contribution in [3.05, 3.63) is 47.1 Å². The first-order valence-corrected chi connectivity index (χ1v) is 12.1. The molecule has 2 amide bonds. The zero-order valence-electron chi connectivity index (χ0n) is 18.5. The number of halogens is 1. The number of thiophene rings is 1. The second kappa shape index (κ2) is 10.4. The van der Waals surface area contributed by atoms with E-state index in [9.17, 15) is 14.0 Å². The van der Waals surface area contributed by atoms with Crippen LogP contribution in [-0.4, -0.2) is 72.6 Å². The fourth-order valence-corrected chi connectivity index (χ4v) is 5.47. The van der Waals surface area contributed by atoms with Crippen LogP contribution in [0.15, 0.2) is 36.4 Å². The van der Waals surface area contributed by atoms with Gasteiger partial charge in [-0.1, -0.05) is 18.2 Å². The highest BCUT2D eigenvalue weighted by Crippen LogP contribution is 2.31. The summed E-state index contributed by atoms with van der Waals surface area (Å²) in [6.45, 7) is 7.27. The first kappa shape index (κ1) is 22.7. The smallest absolute Gasteiger partial charge is 0.409 e. The Morgan fingerprint density at radius 3 is 2.41 bits per heavy atom. The van der Waals surface area contributed by atoms with Crippen molar-refractivity contribution < 1.29 is 18.7 Å². The molecule has 8 heteroatoms. The lowest BCUT2D eigenvalue weighted by Gasteiger charge is -2.38. The van der Waals surface area contributed by atoms with Crippen LogP contribution in [0.2, 0.25) is 0 Å². The van der Waals surface area contributed by atoms with E-state index in [1.807, 2.05) is 23.1 Å². The van der Waals surface area contributed by atoms with Crippen LogP contribution in [0.1, 0.15) is 24.6 Å². The van der Waals surface area contributed by atoms with E-state index in [2.05, 4.69) is 11.0 Å². The molecule has 172 valence electrons. The second-order valence-electron chi connectivity index (χ2n) is 8.31. The predicted molar refractivity (Wildman–Crippen MR) is 123 cm³/mol. The second-order valence-corrected chi connectivity index (χ2v) is 9.48. The van der Waals surface area contributed by atoms with Crippen LogP contribution in [-0.2, 0) is 16.1 Å². The van der Waals surface area contributed by atoms with Gasteiger partial charge in [0.1, 0.15) is 5.82 Å². The van der Waals surface area contributed by atoms with Crippen LogP contribution >= 0.6 is 11.3 Å². The summed E-state index contributed by atoms with van der Waals surface area (Å²) in [6, 6.07) is 10.9. The average Bonchev–Trinajstić information content (AvgIpc) is 3.28. The Labute approximate surface area is 192 Å². The summed E-state index contributed by atoms with van der Waals surface area (Å²) < 4.78 is 19.1. The molecular weight excluding hydrogens is 429 g/mol. The maximum atomic E-state index is 14.0. The summed E-state index contributed by atoms with van der Waals surface area (Å²) in [5.41, 5.74) is 0.646. The van der Waals surface area contributed by atoms with Crippen molar-refractivity contribution in [2.75, 3.05) is 45.9 Å². The average molecular weight is 460 g/mol. The molecular formula is C24H30FN3O3S.